The van der Waals surface area contributed by atoms with Gasteiger partial charge in [-0.05, 0) is 42.5 Å². The van der Waals surface area contributed by atoms with Crippen LogP contribution < -0.4 is 0 Å². The first kappa shape index (κ1) is 16.2. The number of nitrogens with zero attached hydrogens (tertiary/aromatic N) is 3. The predicted octanol–water partition coefficient (Wildman–Crippen LogP) is 5.58. The lowest BCUT2D eigenvalue weighted by Crippen LogP contribution is -1.96. The van der Waals surface area contributed by atoms with E-state index in [1.807, 2.05) is 41.1 Å². The Morgan fingerprint density at radius 2 is 1.67 bits per heavy atom. The summed E-state index contributed by atoms with van der Waals surface area (Å²) >= 11 is 12.2. The maximum Gasteiger partial charge on any atom is 0.159 e. The molecule has 132 valence electrons. The molecule has 0 fully saturated rings. The maximum absolute atomic E-state index is 9.56. The second kappa shape index (κ2) is 6.01. The Morgan fingerprint density at radius 3 is 2.48 bits per heavy atom. The van der Waals surface area contributed by atoms with Crippen LogP contribution in [0.2, 0.25) is 10.0 Å². The fourth-order valence-electron chi connectivity index (χ4n) is 3.15. The number of imidazole rings is 1. The molecule has 0 saturated heterocycles. The minimum atomic E-state index is 0.210. The number of benzene rings is 3. The van der Waals surface area contributed by atoms with Crippen molar-refractivity contribution < 1.29 is 5.11 Å². The molecule has 5 rings (SSSR count). The molecule has 27 heavy (non-hydrogen) atoms. The van der Waals surface area contributed by atoms with E-state index in [0.29, 0.717) is 15.9 Å². The summed E-state index contributed by atoms with van der Waals surface area (Å²) < 4.78 is 1.83. The van der Waals surface area contributed by atoms with Gasteiger partial charge >= 0.3 is 0 Å². The van der Waals surface area contributed by atoms with Crippen LogP contribution in [0.1, 0.15) is 0 Å². The van der Waals surface area contributed by atoms with E-state index < -0.39 is 0 Å². The number of aromatic amines is 1. The average Bonchev–Trinajstić information content (AvgIpc) is 3.24. The number of phenolic OH excluding ortho intramolecular Hbond substituents is 1. The molecule has 0 atom stereocenters. The average molecular weight is 395 g/mol. The van der Waals surface area contributed by atoms with Crippen molar-refractivity contribution in [2.75, 3.05) is 0 Å². The second-order valence-corrected chi connectivity index (χ2v) is 6.98. The van der Waals surface area contributed by atoms with E-state index in [1.165, 1.54) is 0 Å². The lowest BCUT2D eigenvalue weighted by molar-refractivity contribution is 0.475. The predicted molar refractivity (Wildman–Crippen MR) is 108 cm³/mol. The van der Waals surface area contributed by atoms with Gasteiger partial charge in [-0.15, -0.1) is 0 Å². The number of hydrogen-bond acceptors (Lipinski definition) is 3. The first-order chi connectivity index (χ1) is 13.1. The van der Waals surface area contributed by atoms with Crippen molar-refractivity contribution >= 4 is 45.1 Å². The van der Waals surface area contributed by atoms with Gasteiger partial charge in [0.15, 0.2) is 5.82 Å². The van der Waals surface area contributed by atoms with E-state index in [9.17, 15) is 5.11 Å². The lowest BCUT2D eigenvalue weighted by atomic mass is 10.2. The number of aromatic nitrogens is 4. The fraction of sp³-hybridized carbons (Fsp3) is 0. The lowest BCUT2D eigenvalue weighted by Gasteiger charge is -2.03. The van der Waals surface area contributed by atoms with Gasteiger partial charge in [-0.3, -0.25) is 0 Å². The largest absolute Gasteiger partial charge is 0.508 e. The van der Waals surface area contributed by atoms with E-state index in [4.69, 9.17) is 28.3 Å². The Labute approximate surface area is 163 Å². The number of phenols is 1. The molecule has 5 nitrogen and oxygen atoms in total. The number of rotatable bonds is 2. The molecule has 2 heterocycles. The third kappa shape index (κ3) is 2.63. The molecule has 0 aliphatic carbocycles. The van der Waals surface area contributed by atoms with Gasteiger partial charge in [0.05, 0.1) is 32.3 Å². The van der Waals surface area contributed by atoms with Gasteiger partial charge in [-0.25, -0.2) is 9.67 Å². The SMILES string of the molecule is Oc1ccc(-n2nc(-c3nc4cc(Cl)c(Cl)cc4[nH]3)c3ccccc32)cc1. The molecule has 0 saturated carbocycles. The molecule has 0 unspecified atom stereocenters. The zero-order valence-electron chi connectivity index (χ0n) is 13.8. The van der Waals surface area contributed by atoms with Crippen LogP contribution in [0.4, 0.5) is 0 Å². The molecule has 2 aromatic heterocycles. The van der Waals surface area contributed by atoms with Crippen LogP contribution in [0.15, 0.2) is 60.7 Å². The standard InChI is InChI=1S/C20H12Cl2N4O/c21-14-9-16-17(10-15(14)22)24-20(23-16)19-13-3-1-2-4-18(13)26(25-19)11-5-7-12(27)8-6-11/h1-10,27H,(H,23,24). The van der Waals surface area contributed by atoms with E-state index in [2.05, 4.69) is 9.97 Å². The Morgan fingerprint density at radius 1 is 0.926 bits per heavy atom. The molecule has 0 aliphatic heterocycles. The van der Waals surface area contributed by atoms with Gasteiger partial charge in [0.25, 0.3) is 0 Å². The van der Waals surface area contributed by atoms with E-state index in [-0.39, 0.29) is 5.75 Å². The Hall–Kier alpha value is -3.02. The van der Waals surface area contributed by atoms with Gasteiger partial charge < -0.3 is 10.1 Å². The van der Waals surface area contributed by atoms with Gasteiger partial charge in [-0.1, -0.05) is 41.4 Å². The topological polar surface area (TPSA) is 66.7 Å². The Balaban J connectivity index is 1.75. The zero-order chi connectivity index (χ0) is 18.5. The summed E-state index contributed by atoms with van der Waals surface area (Å²) in [6.45, 7) is 0. The summed E-state index contributed by atoms with van der Waals surface area (Å²) in [4.78, 5) is 7.92. The maximum atomic E-state index is 9.56. The monoisotopic (exact) mass is 394 g/mol. The third-order valence-electron chi connectivity index (χ3n) is 4.43. The van der Waals surface area contributed by atoms with Crippen LogP contribution in [-0.4, -0.2) is 24.9 Å². The van der Waals surface area contributed by atoms with Crippen LogP contribution in [0, 0.1) is 0 Å². The second-order valence-electron chi connectivity index (χ2n) is 6.16. The van der Waals surface area contributed by atoms with Crippen LogP contribution in [0.25, 0.3) is 39.1 Å². The number of para-hydroxylation sites is 1. The van der Waals surface area contributed by atoms with Crippen molar-refractivity contribution in [1.29, 1.82) is 0 Å². The first-order valence-electron chi connectivity index (χ1n) is 8.22. The van der Waals surface area contributed by atoms with Crippen LogP contribution in [-0.2, 0) is 0 Å². The van der Waals surface area contributed by atoms with Gasteiger partial charge in [0.1, 0.15) is 11.4 Å². The highest BCUT2D eigenvalue weighted by molar-refractivity contribution is 6.42. The summed E-state index contributed by atoms with van der Waals surface area (Å²) in [5.74, 6) is 0.846. The normalized spacial score (nSPS) is 11.5. The van der Waals surface area contributed by atoms with E-state index >= 15 is 0 Å². The molecule has 0 aliphatic rings. The van der Waals surface area contributed by atoms with Gasteiger partial charge in [-0.2, -0.15) is 5.10 Å². The van der Waals surface area contributed by atoms with Crippen molar-refractivity contribution in [1.82, 2.24) is 19.7 Å². The molecule has 5 aromatic rings. The van der Waals surface area contributed by atoms with Crippen LogP contribution in [0.5, 0.6) is 5.75 Å². The molecule has 7 heteroatoms. The highest BCUT2D eigenvalue weighted by Gasteiger charge is 2.17. The van der Waals surface area contributed by atoms with E-state index in [0.717, 1.165) is 33.3 Å². The number of fused-ring (bicyclic) bond motifs is 2. The number of aromatic hydroxyl groups is 1. The van der Waals surface area contributed by atoms with Crippen molar-refractivity contribution in [2.45, 2.75) is 0 Å². The highest BCUT2D eigenvalue weighted by atomic mass is 35.5. The van der Waals surface area contributed by atoms with E-state index in [1.54, 1.807) is 24.3 Å². The van der Waals surface area contributed by atoms with Crippen LogP contribution in [0.3, 0.4) is 0 Å². The molecule has 3 aromatic carbocycles. The molecular weight excluding hydrogens is 383 g/mol. The molecule has 0 bridgehead atoms. The smallest absolute Gasteiger partial charge is 0.159 e. The Kier molecular flexibility index (Phi) is 3.60. The number of halogens is 2. The molecule has 0 amide bonds. The minimum absolute atomic E-state index is 0.210. The summed E-state index contributed by atoms with van der Waals surface area (Å²) in [7, 11) is 0. The van der Waals surface area contributed by atoms with Crippen molar-refractivity contribution in [2.24, 2.45) is 0 Å². The van der Waals surface area contributed by atoms with Crippen LogP contribution >= 0.6 is 23.2 Å². The summed E-state index contributed by atoms with van der Waals surface area (Å²) in [5, 5.41) is 16.2. The molecule has 2 N–H and O–H groups in total. The quantitative estimate of drug-likeness (QED) is 0.410. The van der Waals surface area contributed by atoms with Gasteiger partial charge in [0.2, 0.25) is 0 Å². The van der Waals surface area contributed by atoms with Crippen molar-refractivity contribution in [3.8, 4) is 23.0 Å². The summed E-state index contributed by atoms with van der Waals surface area (Å²) in [6, 6.07) is 18.3. The molecule has 0 spiro atoms. The van der Waals surface area contributed by atoms with Gasteiger partial charge in [0, 0.05) is 5.39 Å². The first-order valence-corrected chi connectivity index (χ1v) is 8.98. The third-order valence-corrected chi connectivity index (χ3v) is 5.15. The molecule has 0 radical (unpaired) electrons. The minimum Gasteiger partial charge on any atom is -0.508 e. The summed E-state index contributed by atoms with van der Waals surface area (Å²) in [5.41, 5.74) is 4.03. The molecular formula is C20H12Cl2N4O. The highest BCUT2D eigenvalue weighted by Crippen LogP contribution is 2.32. The number of nitrogens with one attached hydrogen (secondary N) is 1. The van der Waals surface area contributed by atoms with Crippen molar-refractivity contribution in [3.63, 3.8) is 0 Å². The number of H-pyrrole nitrogens is 1. The Bertz CT molecular complexity index is 1270. The van der Waals surface area contributed by atoms with Crippen molar-refractivity contribution in [3.05, 3.63) is 70.7 Å². The number of hydrogen-bond donors (Lipinski definition) is 2. The summed E-state index contributed by atoms with van der Waals surface area (Å²) in [6.07, 6.45) is 0. The fourth-order valence-corrected chi connectivity index (χ4v) is 3.47. The zero-order valence-corrected chi connectivity index (χ0v) is 15.3.